The predicted octanol–water partition coefficient (Wildman–Crippen LogP) is 4.28. The summed E-state index contributed by atoms with van der Waals surface area (Å²) in [6, 6.07) is 33.2. The van der Waals surface area contributed by atoms with E-state index in [1.165, 1.54) is 35.6 Å². The van der Waals surface area contributed by atoms with Gasteiger partial charge in [-0.05, 0) is 0 Å². The Morgan fingerprint density at radius 3 is 1.11 bits per heavy atom. The lowest BCUT2D eigenvalue weighted by molar-refractivity contribution is -0.849. The molecule has 3 aromatic carbocycles. The summed E-state index contributed by atoms with van der Waals surface area (Å²) in [5.74, 6) is 0. The van der Waals surface area contributed by atoms with Crippen LogP contribution in [-0.2, 0) is 0 Å². The van der Waals surface area contributed by atoms with Crippen LogP contribution in [0.2, 0.25) is 6.32 Å². The Bertz CT molecular complexity index is 689. The van der Waals surface area contributed by atoms with Gasteiger partial charge < -0.3 is 4.48 Å². The van der Waals surface area contributed by atoms with Crippen molar-refractivity contribution in [3.8, 4) is 0 Å². The summed E-state index contributed by atoms with van der Waals surface area (Å²) in [6.07, 6.45) is 2.73. The van der Waals surface area contributed by atoms with Crippen LogP contribution in [0.1, 0.15) is 19.8 Å². The van der Waals surface area contributed by atoms with Crippen molar-refractivity contribution in [2.75, 3.05) is 28.2 Å². The molecule has 1 nitrogen and oxygen atoms in total. The van der Waals surface area contributed by atoms with Gasteiger partial charge in [0.25, 0.3) is 0 Å². The first-order valence-electron chi connectivity index (χ1n) is 10.5. The third-order valence-electron chi connectivity index (χ3n) is 5.10. The van der Waals surface area contributed by atoms with E-state index in [1.807, 2.05) is 0 Å². The summed E-state index contributed by atoms with van der Waals surface area (Å²) in [4.78, 5) is 0. The maximum atomic E-state index is 2.30. The van der Waals surface area contributed by atoms with Crippen molar-refractivity contribution in [1.82, 2.24) is 0 Å². The first-order valence-corrected chi connectivity index (χ1v) is 10.5. The molecule has 0 aliphatic rings. The molecule has 0 amide bonds. The first-order chi connectivity index (χ1) is 13.4. The van der Waals surface area contributed by atoms with E-state index in [1.54, 1.807) is 0 Å². The summed E-state index contributed by atoms with van der Waals surface area (Å²) < 4.78 is 1.00. The topological polar surface area (TPSA) is 0 Å². The van der Waals surface area contributed by atoms with Crippen molar-refractivity contribution in [2.45, 2.75) is 26.1 Å². The zero-order chi connectivity index (χ0) is 20.5. The number of unbranched alkanes of at least 4 members (excludes halogenated alkanes) is 1. The monoisotopic (exact) mass is 373 g/mol. The summed E-state index contributed by atoms with van der Waals surface area (Å²) in [6.45, 7) is 2.28. The molecule has 28 heavy (non-hydrogen) atoms. The molecule has 3 aromatic rings. The van der Waals surface area contributed by atoms with Gasteiger partial charge in [0.05, 0.1) is 34.3 Å². The van der Waals surface area contributed by atoms with E-state index in [-0.39, 0.29) is 0 Å². The summed E-state index contributed by atoms with van der Waals surface area (Å²) >= 11 is 0. The van der Waals surface area contributed by atoms with Crippen LogP contribution in [0, 0.1) is 0 Å². The van der Waals surface area contributed by atoms with Gasteiger partial charge in [-0.1, -0.05) is 111 Å². The summed E-state index contributed by atoms with van der Waals surface area (Å²) in [5, 5.41) is 0. The number of quaternary nitrogens is 1. The highest BCUT2D eigenvalue weighted by molar-refractivity contribution is 7.11. The smallest absolute Gasteiger partial charge is 0.0814 e. The molecule has 148 valence electrons. The minimum absolute atomic E-state index is 0.913. The number of rotatable bonds is 6. The lowest BCUT2D eigenvalue weighted by Crippen LogP contribution is -2.66. The Balaban J connectivity index is 0.000000500. The van der Waals surface area contributed by atoms with Crippen LogP contribution in [-0.4, -0.2) is 38.8 Å². The number of hydrogen-bond donors (Lipinski definition) is 0. The van der Waals surface area contributed by atoms with Gasteiger partial charge >= 0.3 is 0 Å². The Hall–Kier alpha value is -2.32. The Morgan fingerprint density at radius 1 is 0.571 bits per heavy atom. The van der Waals surface area contributed by atoms with Gasteiger partial charge in [0.2, 0.25) is 0 Å². The van der Waals surface area contributed by atoms with E-state index in [0.29, 0.717) is 0 Å². The maximum absolute atomic E-state index is 2.30. The van der Waals surface area contributed by atoms with Gasteiger partial charge in [0.15, 0.2) is 0 Å². The first kappa shape index (κ1) is 22.0. The second kappa shape index (κ2) is 10.3. The second-order valence-corrected chi connectivity index (χ2v) is 9.10. The minimum Gasteiger partial charge on any atom is -0.333 e. The van der Waals surface area contributed by atoms with Crippen molar-refractivity contribution >= 4 is 22.5 Å². The third-order valence-corrected chi connectivity index (χ3v) is 5.10. The van der Waals surface area contributed by atoms with Gasteiger partial charge in [0, 0.05) is 0 Å². The van der Waals surface area contributed by atoms with Gasteiger partial charge in [0.1, 0.15) is 0 Å². The van der Waals surface area contributed by atoms with Gasteiger partial charge in [-0.15, -0.1) is 0 Å². The normalized spacial score (nSPS) is 11.5. The Morgan fingerprint density at radius 2 is 0.857 bits per heavy atom. The van der Waals surface area contributed by atoms with Crippen molar-refractivity contribution in [2.24, 2.45) is 0 Å². The quantitative estimate of drug-likeness (QED) is 0.447. The number of benzene rings is 3. The molecule has 0 radical (unpaired) electrons. The summed E-state index contributed by atoms with van der Waals surface area (Å²) in [7, 11) is 8.50. The molecule has 0 fully saturated rings. The molecule has 0 heterocycles. The SMILES string of the molecule is CCCC[B-](c1ccccc1)(c1ccccc1)c1ccccc1.C[N+](C)(C)C. The van der Waals surface area contributed by atoms with E-state index in [4.69, 9.17) is 0 Å². The zero-order valence-electron chi connectivity index (χ0n) is 18.3. The molecule has 3 rings (SSSR count). The largest absolute Gasteiger partial charge is 0.333 e. The maximum Gasteiger partial charge on any atom is 0.0814 e. The van der Waals surface area contributed by atoms with Crippen molar-refractivity contribution in [3.05, 3.63) is 91.0 Å². The van der Waals surface area contributed by atoms with Crippen molar-refractivity contribution in [1.29, 1.82) is 0 Å². The molecule has 0 saturated carbocycles. The van der Waals surface area contributed by atoms with Gasteiger partial charge in [-0.2, -0.15) is 22.7 Å². The van der Waals surface area contributed by atoms with E-state index in [2.05, 4.69) is 126 Å². The molecule has 0 aromatic heterocycles. The molecular weight excluding hydrogens is 337 g/mol. The molecule has 0 bridgehead atoms. The number of hydrogen-bond acceptors (Lipinski definition) is 0. The van der Waals surface area contributed by atoms with Crippen LogP contribution in [0.3, 0.4) is 0 Å². The average molecular weight is 373 g/mol. The Labute approximate surface area is 172 Å². The minimum atomic E-state index is -0.913. The standard InChI is InChI=1S/C22H24B.C4H12N/c1-2-3-19-23(20-13-7-4-8-14-20,21-15-9-5-10-16-21)22-17-11-6-12-18-22;1-5(2,3)4/h4-18H,2-3,19H2,1H3;1-4H3/q-1;+1. The highest BCUT2D eigenvalue weighted by Crippen LogP contribution is 2.16. The zero-order valence-corrected chi connectivity index (χ0v) is 18.3. The van der Waals surface area contributed by atoms with Crippen LogP contribution in [0.4, 0.5) is 0 Å². The van der Waals surface area contributed by atoms with Crippen LogP contribution >= 0.6 is 0 Å². The van der Waals surface area contributed by atoms with E-state index in [9.17, 15) is 0 Å². The lowest BCUT2D eigenvalue weighted by Gasteiger charge is -2.43. The van der Waals surface area contributed by atoms with Crippen molar-refractivity contribution in [3.63, 3.8) is 0 Å². The molecule has 0 spiro atoms. The van der Waals surface area contributed by atoms with Crippen LogP contribution in [0.25, 0.3) is 0 Å². The highest BCUT2D eigenvalue weighted by atomic mass is 15.2. The molecule has 0 atom stereocenters. The lowest BCUT2D eigenvalue weighted by atomic mass is 9.14. The van der Waals surface area contributed by atoms with Gasteiger partial charge in [-0.3, -0.25) is 0 Å². The Kier molecular flexibility index (Phi) is 8.08. The van der Waals surface area contributed by atoms with Crippen LogP contribution in [0.15, 0.2) is 91.0 Å². The second-order valence-electron chi connectivity index (χ2n) is 9.10. The number of nitrogens with zero attached hydrogens (tertiary/aromatic N) is 1. The molecule has 0 aliphatic carbocycles. The van der Waals surface area contributed by atoms with E-state index >= 15 is 0 Å². The molecule has 0 unspecified atom stereocenters. The van der Waals surface area contributed by atoms with E-state index < -0.39 is 6.15 Å². The average Bonchev–Trinajstić information content (AvgIpc) is 2.70. The molecule has 0 N–H and O–H groups in total. The van der Waals surface area contributed by atoms with Crippen LogP contribution < -0.4 is 16.4 Å². The molecule has 0 saturated heterocycles. The van der Waals surface area contributed by atoms with Crippen molar-refractivity contribution < 1.29 is 4.48 Å². The van der Waals surface area contributed by atoms with E-state index in [0.717, 1.165) is 4.48 Å². The molecular formula is C26H36BN. The fraction of sp³-hybridized carbons (Fsp3) is 0.308. The fourth-order valence-corrected chi connectivity index (χ4v) is 3.93. The third kappa shape index (κ3) is 6.10. The highest BCUT2D eigenvalue weighted by Gasteiger charge is 2.28. The molecule has 0 aliphatic heterocycles. The predicted molar refractivity (Wildman–Crippen MR) is 128 cm³/mol. The van der Waals surface area contributed by atoms with Crippen LogP contribution in [0.5, 0.6) is 0 Å². The fourth-order valence-electron chi connectivity index (χ4n) is 3.93. The summed E-state index contributed by atoms with van der Waals surface area (Å²) in [5.41, 5.74) is 4.33. The van der Waals surface area contributed by atoms with Gasteiger partial charge in [-0.25, -0.2) is 0 Å². The molecule has 2 heteroatoms.